The van der Waals surface area contributed by atoms with E-state index in [-0.39, 0.29) is 5.91 Å². The number of benzene rings is 2. The minimum atomic E-state index is -0.0644. The van der Waals surface area contributed by atoms with Crippen LogP contribution in [-0.4, -0.2) is 16.1 Å². The van der Waals surface area contributed by atoms with Gasteiger partial charge in [0.15, 0.2) is 0 Å². The molecule has 0 radical (unpaired) electrons. The molecule has 2 heterocycles. The van der Waals surface area contributed by atoms with Crippen LogP contribution in [-0.2, 0) is 22.7 Å². The average Bonchev–Trinajstić information content (AvgIpc) is 3.15. The van der Waals surface area contributed by atoms with E-state index in [9.17, 15) is 4.79 Å². The molecular weight excluding hydrogens is 376 g/mol. The predicted octanol–water partition coefficient (Wildman–Crippen LogP) is 5.07. The molecule has 3 aromatic rings. The summed E-state index contributed by atoms with van der Waals surface area (Å²) in [5, 5.41) is 10.4. The molecule has 1 aliphatic heterocycles. The molecule has 0 saturated heterocycles. The first-order valence-electron chi connectivity index (χ1n) is 9.84. The SMILES string of the molecule is C/C(=C\C=C(/C)C(=O)N1Cc2cn[nH]c2Nc2ccccc21)OCc1ccccc1. The van der Waals surface area contributed by atoms with Crippen molar-refractivity contribution in [3.63, 3.8) is 0 Å². The second-order valence-electron chi connectivity index (χ2n) is 7.20. The Morgan fingerprint density at radius 3 is 2.70 bits per heavy atom. The number of allylic oxidation sites excluding steroid dienone is 3. The molecule has 2 N–H and O–H groups in total. The third-order valence-corrected chi connectivity index (χ3v) is 4.96. The van der Waals surface area contributed by atoms with Crippen LogP contribution in [0.15, 0.2) is 84.3 Å². The number of carbonyl (C=O) groups excluding carboxylic acids is 1. The third kappa shape index (κ3) is 4.27. The van der Waals surface area contributed by atoms with Crippen LogP contribution < -0.4 is 10.2 Å². The summed E-state index contributed by atoms with van der Waals surface area (Å²) in [5.74, 6) is 1.50. The topological polar surface area (TPSA) is 70.2 Å². The van der Waals surface area contributed by atoms with Gasteiger partial charge < -0.3 is 15.0 Å². The zero-order valence-electron chi connectivity index (χ0n) is 17.1. The number of H-pyrrole nitrogens is 1. The van der Waals surface area contributed by atoms with Crippen molar-refractivity contribution in [1.82, 2.24) is 10.2 Å². The number of anilines is 3. The first-order chi connectivity index (χ1) is 14.6. The molecule has 1 aromatic heterocycles. The lowest BCUT2D eigenvalue weighted by Gasteiger charge is -2.22. The van der Waals surface area contributed by atoms with Crippen molar-refractivity contribution in [2.24, 2.45) is 0 Å². The number of fused-ring (bicyclic) bond motifs is 2. The second-order valence-corrected chi connectivity index (χ2v) is 7.20. The zero-order chi connectivity index (χ0) is 20.9. The summed E-state index contributed by atoms with van der Waals surface area (Å²) in [7, 11) is 0. The summed E-state index contributed by atoms with van der Waals surface area (Å²) < 4.78 is 5.79. The van der Waals surface area contributed by atoms with Gasteiger partial charge in [-0.15, -0.1) is 0 Å². The lowest BCUT2D eigenvalue weighted by molar-refractivity contribution is -0.115. The summed E-state index contributed by atoms with van der Waals surface area (Å²) in [4.78, 5) is 15.0. The Hall–Kier alpha value is -3.80. The summed E-state index contributed by atoms with van der Waals surface area (Å²) in [6.45, 7) is 4.64. The summed E-state index contributed by atoms with van der Waals surface area (Å²) >= 11 is 0. The molecule has 1 aliphatic rings. The van der Waals surface area contributed by atoms with E-state index in [0.29, 0.717) is 18.7 Å². The maximum Gasteiger partial charge on any atom is 0.254 e. The number of ether oxygens (including phenoxy) is 1. The molecule has 30 heavy (non-hydrogen) atoms. The highest BCUT2D eigenvalue weighted by Crippen LogP contribution is 2.35. The van der Waals surface area contributed by atoms with Gasteiger partial charge in [0.05, 0.1) is 29.9 Å². The van der Waals surface area contributed by atoms with E-state index in [2.05, 4.69) is 15.5 Å². The second kappa shape index (κ2) is 8.69. The number of hydrogen-bond donors (Lipinski definition) is 2. The Morgan fingerprint density at radius 2 is 1.87 bits per heavy atom. The van der Waals surface area contributed by atoms with Gasteiger partial charge in [-0.3, -0.25) is 9.89 Å². The number of amides is 1. The standard InChI is InChI=1S/C24H24N4O2/c1-17(12-13-18(2)30-16-19-8-4-3-5-9-19)24(29)28-15-20-14-25-27-23(20)26-21-10-6-7-11-22(21)28/h3-14H,15-16H2,1-2H3,(H2,25,26,27)/b17-12+,18-13+. The van der Waals surface area contributed by atoms with Crippen molar-refractivity contribution in [2.75, 3.05) is 10.2 Å². The van der Waals surface area contributed by atoms with E-state index in [4.69, 9.17) is 4.74 Å². The number of aromatic nitrogens is 2. The highest BCUT2D eigenvalue weighted by molar-refractivity contribution is 6.07. The molecule has 6 nitrogen and oxygen atoms in total. The molecule has 6 heteroatoms. The Balaban J connectivity index is 1.51. The van der Waals surface area contributed by atoms with Crippen molar-refractivity contribution in [2.45, 2.75) is 27.0 Å². The van der Waals surface area contributed by atoms with Gasteiger partial charge in [0.1, 0.15) is 12.4 Å². The van der Waals surface area contributed by atoms with Crippen molar-refractivity contribution >= 4 is 23.1 Å². The van der Waals surface area contributed by atoms with Crippen LogP contribution >= 0.6 is 0 Å². The molecule has 2 aromatic carbocycles. The Kier molecular flexibility index (Phi) is 5.66. The number of para-hydroxylation sites is 2. The van der Waals surface area contributed by atoms with Crippen LogP contribution in [0.3, 0.4) is 0 Å². The molecular formula is C24H24N4O2. The van der Waals surface area contributed by atoms with Crippen LogP contribution in [0.25, 0.3) is 0 Å². The van der Waals surface area contributed by atoms with Crippen LogP contribution in [0, 0.1) is 0 Å². The minimum absolute atomic E-state index is 0.0644. The van der Waals surface area contributed by atoms with E-state index in [1.54, 1.807) is 17.2 Å². The maximum atomic E-state index is 13.3. The molecule has 0 spiro atoms. The quantitative estimate of drug-likeness (QED) is 0.356. The molecule has 0 aliphatic carbocycles. The van der Waals surface area contributed by atoms with Gasteiger partial charge in [0, 0.05) is 11.1 Å². The minimum Gasteiger partial charge on any atom is -0.494 e. The van der Waals surface area contributed by atoms with Gasteiger partial charge in [0.2, 0.25) is 0 Å². The van der Waals surface area contributed by atoms with E-state index in [1.165, 1.54) is 0 Å². The average molecular weight is 400 g/mol. The van der Waals surface area contributed by atoms with Crippen LogP contribution in [0.5, 0.6) is 0 Å². The number of nitrogens with one attached hydrogen (secondary N) is 2. The number of hydrogen-bond acceptors (Lipinski definition) is 4. The normalized spacial score (nSPS) is 13.7. The van der Waals surface area contributed by atoms with Gasteiger partial charge in [-0.2, -0.15) is 5.10 Å². The molecule has 0 atom stereocenters. The van der Waals surface area contributed by atoms with Gasteiger partial charge in [0.25, 0.3) is 5.91 Å². The molecule has 0 saturated carbocycles. The van der Waals surface area contributed by atoms with Crippen molar-refractivity contribution in [3.8, 4) is 0 Å². The largest absolute Gasteiger partial charge is 0.494 e. The lowest BCUT2D eigenvalue weighted by atomic mass is 10.1. The molecule has 0 bridgehead atoms. The van der Waals surface area contributed by atoms with Gasteiger partial charge in [-0.1, -0.05) is 48.5 Å². The van der Waals surface area contributed by atoms with Crippen LogP contribution in [0.1, 0.15) is 25.0 Å². The Labute approximate surface area is 175 Å². The fourth-order valence-electron chi connectivity index (χ4n) is 3.27. The third-order valence-electron chi connectivity index (χ3n) is 4.96. The van der Waals surface area contributed by atoms with Crippen LogP contribution in [0.2, 0.25) is 0 Å². The summed E-state index contributed by atoms with van der Waals surface area (Å²) in [5.41, 5.74) is 4.36. The molecule has 1 amide bonds. The highest BCUT2D eigenvalue weighted by atomic mass is 16.5. The summed E-state index contributed by atoms with van der Waals surface area (Å²) in [6, 6.07) is 17.8. The molecule has 152 valence electrons. The maximum absolute atomic E-state index is 13.3. The Bertz CT molecular complexity index is 1100. The van der Waals surface area contributed by atoms with Gasteiger partial charge in [-0.05, 0) is 37.6 Å². The van der Waals surface area contributed by atoms with E-state index >= 15 is 0 Å². The molecule has 4 rings (SSSR count). The first-order valence-corrected chi connectivity index (χ1v) is 9.84. The highest BCUT2D eigenvalue weighted by Gasteiger charge is 2.25. The zero-order valence-corrected chi connectivity index (χ0v) is 17.1. The fraction of sp³-hybridized carbons (Fsp3) is 0.167. The van der Waals surface area contributed by atoms with E-state index in [1.807, 2.05) is 74.5 Å². The monoisotopic (exact) mass is 400 g/mol. The Morgan fingerprint density at radius 1 is 1.10 bits per heavy atom. The predicted molar refractivity (Wildman–Crippen MR) is 118 cm³/mol. The van der Waals surface area contributed by atoms with Crippen molar-refractivity contribution in [1.29, 1.82) is 0 Å². The van der Waals surface area contributed by atoms with Crippen LogP contribution in [0.4, 0.5) is 17.2 Å². The van der Waals surface area contributed by atoms with E-state index < -0.39 is 0 Å². The first kappa shape index (κ1) is 19.5. The fourth-order valence-corrected chi connectivity index (χ4v) is 3.27. The van der Waals surface area contributed by atoms with E-state index in [0.717, 1.165) is 34.1 Å². The number of nitrogens with zero attached hydrogens (tertiary/aromatic N) is 2. The van der Waals surface area contributed by atoms with Gasteiger partial charge >= 0.3 is 0 Å². The molecule has 0 unspecified atom stereocenters. The van der Waals surface area contributed by atoms with Gasteiger partial charge in [-0.25, -0.2) is 0 Å². The summed E-state index contributed by atoms with van der Waals surface area (Å²) in [6.07, 6.45) is 5.39. The number of carbonyl (C=O) groups is 1. The van der Waals surface area contributed by atoms with Crippen molar-refractivity contribution < 1.29 is 9.53 Å². The molecule has 0 fully saturated rings. The van der Waals surface area contributed by atoms with Crippen molar-refractivity contribution in [3.05, 3.63) is 95.4 Å². The number of rotatable bonds is 5. The smallest absolute Gasteiger partial charge is 0.254 e. The number of aromatic amines is 1. The lowest BCUT2D eigenvalue weighted by Crippen LogP contribution is -2.30.